The van der Waals surface area contributed by atoms with Crippen molar-refractivity contribution in [3.05, 3.63) is 0 Å². The monoisotopic (exact) mass is 201 g/mol. The summed E-state index contributed by atoms with van der Waals surface area (Å²) in [5, 5.41) is 0. The summed E-state index contributed by atoms with van der Waals surface area (Å²) >= 11 is 0. The molecule has 0 saturated carbocycles. The Kier molecular flexibility index (Phi) is 2030. The van der Waals surface area contributed by atoms with Gasteiger partial charge in [-0.05, 0) is 0 Å². The van der Waals surface area contributed by atoms with E-state index in [0.717, 1.165) is 0 Å². The van der Waals surface area contributed by atoms with E-state index in [2.05, 4.69) is 33.9 Å². The first-order valence-corrected chi connectivity index (χ1v) is 1.18. The predicted molar refractivity (Wildman–Crippen MR) is 33.8 cm³/mol. The van der Waals surface area contributed by atoms with Gasteiger partial charge in [-0.15, -0.1) is 0 Å². The standard InChI is InChI=1S/5CHO.Fe/c5*1-2;/h5*1H;/q5*-1;+5. The van der Waals surface area contributed by atoms with Gasteiger partial charge in [0.05, 0.1) is 0 Å². The van der Waals surface area contributed by atoms with Crippen LogP contribution >= 0.6 is 0 Å². The zero-order chi connectivity index (χ0) is 10.0. The van der Waals surface area contributed by atoms with Crippen molar-refractivity contribution in [3.63, 3.8) is 0 Å². The fraction of sp³-hybridized carbons (Fsp3) is 0. The quantitative estimate of drug-likeness (QED) is 0.274. The van der Waals surface area contributed by atoms with Crippen molar-refractivity contribution < 1.29 is 41.0 Å². The third kappa shape index (κ3) is 327. The molecule has 0 heterocycles. The largest absolute Gasteiger partial charge is 5.00 e. The molecule has 0 spiro atoms. The van der Waals surface area contributed by atoms with E-state index in [0.29, 0.717) is 0 Å². The van der Waals surface area contributed by atoms with Gasteiger partial charge < -0.3 is 24.0 Å². The second-order valence-electron chi connectivity index (χ2n) is 0. The van der Waals surface area contributed by atoms with Gasteiger partial charge >= 0.3 is 17.1 Å². The third-order valence-corrected chi connectivity index (χ3v) is 0. The van der Waals surface area contributed by atoms with Crippen LogP contribution in [0.2, 0.25) is 0 Å². The van der Waals surface area contributed by atoms with Gasteiger partial charge in [-0.2, -0.15) is 0 Å². The van der Waals surface area contributed by atoms with Crippen molar-refractivity contribution in [2.45, 2.75) is 0 Å². The molecule has 11 heavy (non-hydrogen) atoms. The van der Waals surface area contributed by atoms with Gasteiger partial charge in [0.25, 0.3) is 0 Å². The minimum absolute atomic E-state index is 0. The predicted octanol–water partition coefficient (Wildman–Crippen LogP) is -1.37. The normalized spacial score (nSPS) is 1.82. The Hall–Kier alpha value is -1.13. The van der Waals surface area contributed by atoms with Crippen LogP contribution in [0.3, 0.4) is 0 Å². The average Bonchev–Trinajstić information content (AvgIpc) is 2.20. The Morgan fingerprint density at radius 3 is 0.364 bits per heavy atom. The number of hydrogen-bond acceptors (Lipinski definition) is 5. The number of carbonyl (C=O) groups excluding carboxylic acids is 5. The Labute approximate surface area is 75.6 Å². The summed E-state index contributed by atoms with van der Waals surface area (Å²) in [6, 6.07) is 0. The summed E-state index contributed by atoms with van der Waals surface area (Å²) in [6.07, 6.45) is 0. The maximum atomic E-state index is 7.75. The van der Waals surface area contributed by atoms with Gasteiger partial charge in [-0.25, -0.2) is 0 Å². The molecule has 0 N–H and O–H groups in total. The van der Waals surface area contributed by atoms with Gasteiger partial charge in [-0.1, -0.05) is 0 Å². The van der Waals surface area contributed by atoms with E-state index in [1.165, 1.54) is 0 Å². The molecule has 0 unspecified atom stereocenters. The number of rotatable bonds is 0. The Morgan fingerprint density at radius 2 is 0.364 bits per heavy atom. The van der Waals surface area contributed by atoms with Crippen LogP contribution in [0.25, 0.3) is 0 Å². The van der Waals surface area contributed by atoms with Gasteiger partial charge in [0, 0.05) is 0 Å². The molecule has 0 rings (SSSR count). The molecule has 0 aromatic rings. The average molecular weight is 201 g/mol. The van der Waals surface area contributed by atoms with Crippen molar-refractivity contribution >= 4 is 33.9 Å². The van der Waals surface area contributed by atoms with Crippen LogP contribution in [0, 0.1) is 0 Å². The minimum Gasteiger partial charge on any atom is -0.545 e. The topological polar surface area (TPSA) is 85.3 Å². The van der Waals surface area contributed by atoms with Crippen LogP contribution in [-0.4, -0.2) is 33.9 Å². The molecule has 0 aromatic carbocycles. The van der Waals surface area contributed by atoms with E-state index in [4.69, 9.17) is 24.0 Å². The van der Waals surface area contributed by atoms with Crippen LogP contribution < -0.4 is 0 Å². The van der Waals surface area contributed by atoms with Gasteiger partial charge in [0.1, 0.15) is 0 Å². The molecule has 0 aliphatic carbocycles. The molecule has 0 bridgehead atoms. The van der Waals surface area contributed by atoms with Crippen LogP contribution in [-0.2, 0) is 41.0 Å². The molecule has 1 radical (unpaired) electrons. The smallest absolute Gasteiger partial charge is 0.545 e. The van der Waals surface area contributed by atoms with E-state index < -0.39 is 0 Å². The first-order chi connectivity index (χ1) is 5.00. The van der Waals surface area contributed by atoms with E-state index in [1.807, 2.05) is 0 Å². The van der Waals surface area contributed by atoms with Gasteiger partial charge in [0.2, 0.25) is 0 Å². The molecule has 5 nitrogen and oxygen atoms in total. The molecule has 0 fully saturated rings. The van der Waals surface area contributed by atoms with Crippen molar-refractivity contribution in [1.82, 2.24) is 0 Å². The Morgan fingerprint density at radius 1 is 0.364 bits per heavy atom. The summed E-state index contributed by atoms with van der Waals surface area (Å²) in [5.41, 5.74) is 0. The second-order valence-corrected chi connectivity index (χ2v) is 0. The molecule has 0 aromatic heterocycles. The van der Waals surface area contributed by atoms with E-state index >= 15 is 0 Å². The molecule has 0 aliphatic rings. The Balaban J connectivity index is -0.00000000694. The van der Waals surface area contributed by atoms with Gasteiger partial charge in [-0.3, -0.25) is 33.9 Å². The van der Waals surface area contributed by atoms with E-state index in [-0.39, 0.29) is 17.1 Å². The molecule has 0 saturated heterocycles. The van der Waals surface area contributed by atoms with E-state index in [1.54, 1.807) is 0 Å². The van der Waals surface area contributed by atoms with Crippen molar-refractivity contribution in [1.29, 1.82) is 0 Å². The second kappa shape index (κ2) is 430. The number of hydrogen-bond donors (Lipinski definition) is 0. The van der Waals surface area contributed by atoms with Gasteiger partial charge in [0.15, 0.2) is 0 Å². The van der Waals surface area contributed by atoms with E-state index in [9.17, 15) is 0 Å². The summed E-state index contributed by atoms with van der Waals surface area (Å²) in [4.78, 5) is 38.8. The maximum Gasteiger partial charge on any atom is 5.00 e. The molecular weight excluding hydrogens is 196 g/mol. The fourth-order valence-electron chi connectivity index (χ4n) is 0. The zero-order valence-corrected chi connectivity index (χ0v) is 6.39. The molecule has 0 aliphatic heterocycles. The first kappa shape index (κ1) is 51.9. The molecule has 63 valence electrons. The van der Waals surface area contributed by atoms with Crippen LogP contribution in [0.15, 0.2) is 0 Å². The first-order valence-electron chi connectivity index (χ1n) is 1.18. The molecular formula is C5H5FeO5. The molecule has 0 amide bonds. The summed E-state index contributed by atoms with van der Waals surface area (Å²) in [6.45, 7) is 16.2. The van der Waals surface area contributed by atoms with Crippen LogP contribution in [0.1, 0.15) is 0 Å². The SMILES string of the molecule is [CH-]=O.[CH-]=O.[CH-]=O.[CH-]=O.[CH-]=O.[Fe+5]. The third-order valence-electron chi connectivity index (χ3n) is 0. The summed E-state index contributed by atoms with van der Waals surface area (Å²) in [5.74, 6) is 0. The Bertz CT molecular complexity index is 26.4. The minimum atomic E-state index is 0. The van der Waals surface area contributed by atoms with Crippen molar-refractivity contribution in [2.75, 3.05) is 0 Å². The summed E-state index contributed by atoms with van der Waals surface area (Å²) in [7, 11) is 0. The summed E-state index contributed by atoms with van der Waals surface area (Å²) < 4.78 is 0. The fourth-order valence-corrected chi connectivity index (χ4v) is 0. The van der Waals surface area contributed by atoms with Crippen molar-refractivity contribution in [3.8, 4) is 0 Å². The van der Waals surface area contributed by atoms with Crippen LogP contribution in [0.5, 0.6) is 0 Å². The molecule has 0 atom stereocenters. The molecule has 6 heteroatoms. The maximum absolute atomic E-state index is 7.75. The van der Waals surface area contributed by atoms with Crippen LogP contribution in [0.4, 0.5) is 0 Å². The van der Waals surface area contributed by atoms with Crippen molar-refractivity contribution in [2.24, 2.45) is 0 Å². The zero-order valence-electron chi connectivity index (χ0n) is 5.28.